The topological polar surface area (TPSA) is 68.2 Å². The van der Waals surface area contributed by atoms with E-state index in [0.29, 0.717) is 6.54 Å². The van der Waals surface area contributed by atoms with Gasteiger partial charge in [0.2, 0.25) is 0 Å². The number of alkyl halides is 3. The molecule has 0 amide bonds. The van der Waals surface area contributed by atoms with Gasteiger partial charge in [-0.1, -0.05) is 19.0 Å². The molecule has 1 rings (SSSR count). The lowest BCUT2D eigenvalue weighted by molar-refractivity contribution is -0.159. The number of aromatic nitrogens is 2. The molecule has 0 aromatic carbocycles. The predicted octanol–water partition coefficient (Wildman–Crippen LogP) is 1.43. The number of halogens is 3. The van der Waals surface area contributed by atoms with Crippen molar-refractivity contribution in [1.82, 2.24) is 15.0 Å². The minimum Gasteiger partial charge on any atom is -0.329 e. The van der Waals surface area contributed by atoms with E-state index in [2.05, 4.69) is 14.7 Å². The molecule has 1 unspecified atom stereocenters. The van der Waals surface area contributed by atoms with E-state index in [-0.39, 0.29) is 5.82 Å². The highest BCUT2D eigenvalue weighted by Gasteiger charge is 2.38. The van der Waals surface area contributed by atoms with Crippen LogP contribution in [0.1, 0.15) is 31.6 Å². The lowest BCUT2D eigenvalue weighted by Gasteiger charge is -2.20. The van der Waals surface area contributed by atoms with Gasteiger partial charge in [-0.05, 0) is 13.1 Å². The van der Waals surface area contributed by atoms with Crippen molar-refractivity contribution in [3.05, 3.63) is 11.7 Å². The van der Waals surface area contributed by atoms with Gasteiger partial charge in [-0.3, -0.25) is 0 Å². The first kappa shape index (κ1) is 13.9. The van der Waals surface area contributed by atoms with E-state index in [0.717, 1.165) is 13.1 Å². The van der Waals surface area contributed by atoms with Gasteiger partial charge in [0.1, 0.15) is 0 Å². The second-order valence-corrected chi connectivity index (χ2v) is 3.55. The zero-order valence-electron chi connectivity index (χ0n) is 9.66. The summed E-state index contributed by atoms with van der Waals surface area (Å²) in [4.78, 5) is 5.22. The lowest BCUT2D eigenvalue weighted by atomic mass is 10.2. The Hall–Kier alpha value is -1.15. The Labute approximate surface area is 96.8 Å². The summed E-state index contributed by atoms with van der Waals surface area (Å²) in [6.45, 7) is 5.79. The van der Waals surface area contributed by atoms with Crippen LogP contribution in [0.5, 0.6) is 0 Å². The monoisotopic (exact) mass is 252 g/mol. The van der Waals surface area contributed by atoms with Gasteiger partial charge in [0.15, 0.2) is 5.82 Å². The average Bonchev–Trinajstić information content (AvgIpc) is 2.74. The number of likely N-dealkylation sites (N-methyl/N-ethyl adjacent to an activating group) is 1. The fourth-order valence-corrected chi connectivity index (χ4v) is 1.34. The molecule has 0 saturated carbocycles. The smallest absolute Gasteiger partial charge is 0.329 e. The van der Waals surface area contributed by atoms with Gasteiger partial charge < -0.3 is 15.2 Å². The first-order valence-electron chi connectivity index (χ1n) is 5.27. The Balaban J connectivity index is 2.70. The van der Waals surface area contributed by atoms with Crippen molar-refractivity contribution < 1.29 is 17.7 Å². The van der Waals surface area contributed by atoms with Gasteiger partial charge in [0, 0.05) is 6.54 Å². The van der Waals surface area contributed by atoms with Gasteiger partial charge >= 0.3 is 12.1 Å². The Morgan fingerprint density at radius 3 is 2.35 bits per heavy atom. The van der Waals surface area contributed by atoms with Crippen molar-refractivity contribution in [2.45, 2.75) is 26.1 Å². The van der Waals surface area contributed by atoms with Gasteiger partial charge in [-0.2, -0.15) is 18.2 Å². The zero-order valence-corrected chi connectivity index (χ0v) is 9.66. The second-order valence-electron chi connectivity index (χ2n) is 3.55. The molecular weight excluding hydrogens is 237 g/mol. The van der Waals surface area contributed by atoms with Crippen LogP contribution in [0, 0.1) is 0 Å². The standard InChI is InChI=1S/C9H15F3N4O/c1-3-16(4-2)5-6(13)7-14-8(17-15-7)9(10,11)12/h6H,3-5,13H2,1-2H3. The van der Waals surface area contributed by atoms with E-state index < -0.39 is 18.1 Å². The Kier molecular flexibility index (Phi) is 4.47. The molecule has 1 aromatic heterocycles. The molecule has 0 aliphatic heterocycles. The highest BCUT2D eigenvalue weighted by atomic mass is 19.4. The van der Waals surface area contributed by atoms with Crippen molar-refractivity contribution in [2.75, 3.05) is 19.6 Å². The number of nitrogens with two attached hydrogens (primary N) is 1. The van der Waals surface area contributed by atoms with E-state index in [9.17, 15) is 13.2 Å². The fourth-order valence-electron chi connectivity index (χ4n) is 1.34. The van der Waals surface area contributed by atoms with Crippen LogP contribution in [0.25, 0.3) is 0 Å². The van der Waals surface area contributed by atoms with Crippen LogP contribution < -0.4 is 5.73 Å². The lowest BCUT2D eigenvalue weighted by Crippen LogP contribution is -2.32. The summed E-state index contributed by atoms with van der Waals surface area (Å²) >= 11 is 0. The van der Waals surface area contributed by atoms with Gasteiger partial charge in [0.05, 0.1) is 6.04 Å². The van der Waals surface area contributed by atoms with Crippen LogP contribution in [0.3, 0.4) is 0 Å². The molecule has 17 heavy (non-hydrogen) atoms. The van der Waals surface area contributed by atoms with E-state index in [4.69, 9.17) is 5.73 Å². The molecule has 5 nitrogen and oxygen atoms in total. The van der Waals surface area contributed by atoms with Crippen molar-refractivity contribution >= 4 is 0 Å². The van der Waals surface area contributed by atoms with Crippen molar-refractivity contribution in [3.8, 4) is 0 Å². The van der Waals surface area contributed by atoms with Crippen molar-refractivity contribution in [2.24, 2.45) is 5.73 Å². The maximum atomic E-state index is 12.2. The summed E-state index contributed by atoms with van der Waals surface area (Å²) in [6.07, 6.45) is -4.62. The van der Waals surface area contributed by atoms with Crippen LogP contribution in [0.4, 0.5) is 13.2 Å². The molecule has 0 fully saturated rings. The fraction of sp³-hybridized carbons (Fsp3) is 0.778. The maximum Gasteiger partial charge on any atom is 0.471 e. The average molecular weight is 252 g/mol. The third kappa shape index (κ3) is 3.67. The van der Waals surface area contributed by atoms with E-state index in [1.165, 1.54) is 0 Å². The molecule has 0 aliphatic rings. The van der Waals surface area contributed by atoms with E-state index in [1.54, 1.807) is 0 Å². The summed E-state index contributed by atoms with van der Waals surface area (Å²) in [5.74, 6) is -1.48. The summed E-state index contributed by atoms with van der Waals surface area (Å²) < 4.78 is 40.8. The van der Waals surface area contributed by atoms with Crippen molar-refractivity contribution in [1.29, 1.82) is 0 Å². The molecule has 0 radical (unpaired) electrons. The molecule has 1 atom stereocenters. The molecule has 0 saturated heterocycles. The van der Waals surface area contributed by atoms with Gasteiger partial charge in [-0.25, -0.2) is 0 Å². The molecule has 2 N–H and O–H groups in total. The molecule has 0 bridgehead atoms. The molecule has 98 valence electrons. The zero-order chi connectivity index (χ0) is 13.1. The van der Waals surface area contributed by atoms with E-state index >= 15 is 0 Å². The molecule has 0 spiro atoms. The highest BCUT2D eigenvalue weighted by molar-refractivity contribution is 4.96. The molecule has 0 aliphatic carbocycles. The summed E-state index contributed by atoms with van der Waals surface area (Å²) in [5.41, 5.74) is 5.71. The number of hydrogen-bond donors (Lipinski definition) is 1. The minimum absolute atomic E-state index is 0.121. The second kappa shape index (κ2) is 5.46. The molecule has 8 heteroatoms. The van der Waals surface area contributed by atoms with Crippen LogP contribution in [-0.2, 0) is 6.18 Å². The van der Waals surface area contributed by atoms with E-state index in [1.807, 2.05) is 18.7 Å². The first-order chi connectivity index (χ1) is 7.88. The summed E-state index contributed by atoms with van der Waals surface area (Å²) in [5, 5.41) is 3.25. The van der Waals surface area contributed by atoms with Crippen LogP contribution in [0.15, 0.2) is 4.52 Å². The van der Waals surface area contributed by atoms with Gasteiger partial charge in [-0.15, -0.1) is 0 Å². The Morgan fingerprint density at radius 1 is 1.35 bits per heavy atom. The van der Waals surface area contributed by atoms with Crippen LogP contribution >= 0.6 is 0 Å². The van der Waals surface area contributed by atoms with Crippen LogP contribution in [0.2, 0.25) is 0 Å². The molecular formula is C9H15F3N4O. The Morgan fingerprint density at radius 2 is 1.94 bits per heavy atom. The normalized spacial score (nSPS) is 14.3. The minimum atomic E-state index is -4.62. The Bertz CT molecular complexity index is 348. The molecule has 1 heterocycles. The number of hydrogen-bond acceptors (Lipinski definition) is 5. The quantitative estimate of drug-likeness (QED) is 0.858. The predicted molar refractivity (Wildman–Crippen MR) is 54.0 cm³/mol. The SMILES string of the molecule is CCN(CC)CC(N)c1noc(C(F)(F)F)n1. The molecule has 1 aromatic rings. The largest absolute Gasteiger partial charge is 0.471 e. The summed E-state index contributed by atoms with van der Waals surface area (Å²) in [7, 11) is 0. The third-order valence-corrected chi connectivity index (χ3v) is 2.37. The summed E-state index contributed by atoms with van der Waals surface area (Å²) in [6, 6.07) is -0.685. The number of nitrogens with zero attached hydrogens (tertiary/aromatic N) is 3. The van der Waals surface area contributed by atoms with Crippen LogP contribution in [-0.4, -0.2) is 34.7 Å². The van der Waals surface area contributed by atoms with Gasteiger partial charge in [0.25, 0.3) is 0 Å². The third-order valence-electron chi connectivity index (χ3n) is 2.37. The van der Waals surface area contributed by atoms with Crippen molar-refractivity contribution in [3.63, 3.8) is 0 Å². The number of rotatable bonds is 5. The maximum absolute atomic E-state index is 12.2. The highest BCUT2D eigenvalue weighted by Crippen LogP contribution is 2.28. The first-order valence-corrected chi connectivity index (χ1v) is 5.27.